The molecular weight excluding hydrogens is 300 g/mol. The average molecular weight is 318 g/mol. The summed E-state index contributed by atoms with van der Waals surface area (Å²) in [6.45, 7) is 4.01. The van der Waals surface area contributed by atoms with Crippen molar-refractivity contribution in [3.8, 4) is 5.88 Å². The van der Waals surface area contributed by atoms with Gasteiger partial charge in [-0.15, -0.1) is 0 Å². The lowest BCUT2D eigenvalue weighted by atomic mass is 10.2. The Labute approximate surface area is 133 Å². The molecule has 1 amide bonds. The predicted molar refractivity (Wildman–Crippen MR) is 81.5 cm³/mol. The first-order valence-electron chi connectivity index (χ1n) is 7.22. The molecule has 2 aromatic heterocycles. The van der Waals surface area contributed by atoms with Crippen molar-refractivity contribution in [2.75, 3.05) is 0 Å². The highest BCUT2D eigenvalue weighted by Crippen LogP contribution is 2.13. The van der Waals surface area contributed by atoms with Gasteiger partial charge in [0.1, 0.15) is 5.76 Å². The van der Waals surface area contributed by atoms with E-state index >= 15 is 0 Å². The number of ether oxygens (including phenoxy) is 1. The first kappa shape index (κ1) is 16.5. The van der Waals surface area contributed by atoms with E-state index in [1.54, 1.807) is 12.1 Å². The minimum atomic E-state index is -1.15. The number of nitrogens with zero attached hydrogens (tertiary/aromatic N) is 1. The fourth-order valence-corrected chi connectivity index (χ4v) is 1.76. The molecule has 2 heterocycles. The molecule has 0 aliphatic heterocycles. The summed E-state index contributed by atoms with van der Waals surface area (Å²) in [5.74, 6) is -0.889. The van der Waals surface area contributed by atoms with Crippen LogP contribution in [0.25, 0.3) is 0 Å². The number of carbonyl (C=O) groups is 2. The van der Waals surface area contributed by atoms with Crippen LogP contribution in [0.2, 0.25) is 0 Å². The highest BCUT2D eigenvalue weighted by molar-refractivity contribution is 5.94. The molecule has 0 bridgehead atoms. The number of amides is 1. The van der Waals surface area contributed by atoms with Crippen molar-refractivity contribution < 1.29 is 23.8 Å². The molecule has 23 heavy (non-hydrogen) atoms. The highest BCUT2D eigenvalue weighted by atomic mass is 16.5. The van der Waals surface area contributed by atoms with Crippen molar-refractivity contribution in [2.45, 2.75) is 32.9 Å². The minimum Gasteiger partial charge on any atom is -0.475 e. The molecule has 0 spiro atoms. The van der Waals surface area contributed by atoms with Gasteiger partial charge >= 0.3 is 5.97 Å². The van der Waals surface area contributed by atoms with Gasteiger partial charge in [-0.1, -0.05) is 6.92 Å². The summed E-state index contributed by atoms with van der Waals surface area (Å²) in [4.78, 5) is 26.9. The van der Waals surface area contributed by atoms with Crippen LogP contribution < -0.4 is 10.1 Å². The first-order chi connectivity index (χ1) is 11.0. The smallest absolute Gasteiger partial charge is 0.371 e. The molecule has 0 aromatic carbocycles. The SMILES string of the molecule is CCC(C)Oc1cc(C(=O)NCc2ccc(C(=O)O)o2)ccn1. The van der Waals surface area contributed by atoms with Crippen LogP contribution in [0.3, 0.4) is 0 Å². The normalized spacial score (nSPS) is 11.7. The lowest BCUT2D eigenvalue weighted by Gasteiger charge is -2.12. The molecular formula is C16H18N2O5. The number of rotatable bonds is 7. The number of aromatic nitrogens is 1. The van der Waals surface area contributed by atoms with Crippen molar-refractivity contribution in [1.82, 2.24) is 10.3 Å². The molecule has 0 saturated carbocycles. The molecule has 2 aromatic rings. The molecule has 2 N–H and O–H groups in total. The quantitative estimate of drug-likeness (QED) is 0.813. The number of hydrogen-bond acceptors (Lipinski definition) is 5. The van der Waals surface area contributed by atoms with Crippen LogP contribution in [0.5, 0.6) is 5.88 Å². The zero-order valence-electron chi connectivity index (χ0n) is 12.9. The van der Waals surface area contributed by atoms with Gasteiger partial charge in [0, 0.05) is 17.8 Å². The van der Waals surface area contributed by atoms with E-state index in [-0.39, 0.29) is 24.3 Å². The zero-order chi connectivity index (χ0) is 16.8. The van der Waals surface area contributed by atoms with Crippen LogP contribution in [0, 0.1) is 0 Å². The predicted octanol–water partition coefficient (Wildman–Crippen LogP) is 2.48. The van der Waals surface area contributed by atoms with Crippen molar-refractivity contribution in [3.63, 3.8) is 0 Å². The Morgan fingerprint density at radius 1 is 1.39 bits per heavy atom. The molecule has 7 heteroatoms. The summed E-state index contributed by atoms with van der Waals surface area (Å²) in [5, 5.41) is 11.4. The van der Waals surface area contributed by atoms with Gasteiger partial charge in [-0.3, -0.25) is 4.79 Å². The summed E-state index contributed by atoms with van der Waals surface area (Å²) in [7, 11) is 0. The number of pyridine rings is 1. The number of carbonyl (C=O) groups excluding carboxylic acids is 1. The van der Waals surface area contributed by atoms with Crippen LogP contribution >= 0.6 is 0 Å². The maximum absolute atomic E-state index is 12.1. The summed E-state index contributed by atoms with van der Waals surface area (Å²) in [5.41, 5.74) is 0.406. The fourth-order valence-electron chi connectivity index (χ4n) is 1.76. The van der Waals surface area contributed by atoms with E-state index in [0.29, 0.717) is 17.2 Å². The third-order valence-corrected chi connectivity index (χ3v) is 3.19. The Morgan fingerprint density at radius 3 is 2.83 bits per heavy atom. The van der Waals surface area contributed by atoms with Crippen molar-refractivity contribution in [1.29, 1.82) is 0 Å². The number of aromatic carboxylic acids is 1. The first-order valence-corrected chi connectivity index (χ1v) is 7.22. The van der Waals surface area contributed by atoms with Gasteiger partial charge in [-0.25, -0.2) is 9.78 Å². The Bertz CT molecular complexity index is 695. The van der Waals surface area contributed by atoms with Crippen LogP contribution in [0.4, 0.5) is 0 Å². The minimum absolute atomic E-state index is 0.0124. The van der Waals surface area contributed by atoms with Gasteiger partial charge in [0.05, 0.1) is 12.6 Å². The number of carboxylic acid groups (broad SMARTS) is 1. The molecule has 2 rings (SSSR count). The number of hydrogen-bond donors (Lipinski definition) is 2. The second-order valence-corrected chi connectivity index (χ2v) is 4.97. The van der Waals surface area contributed by atoms with Gasteiger partial charge in [0.15, 0.2) is 0 Å². The van der Waals surface area contributed by atoms with E-state index in [2.05, 4.69) is 10.3 Å². The summed E-state index contributed by atoms with van der Waals surface area (Å²) >= 11 is 0. The van der Waals surface area contributed by atoms with Crippen molar-refractivity contribution in [2.24, 2.45) is 0 Å². The van der Waals surface area contributed by atoms with E-state index in [1.165, 1.54) is 18.3 Å². The number of carboxylic acids is 1. The van der Waals surface area contributed by atoms with Gasteiger partial charge in [-0.05, 0) is 31.5 Å². The molecule has 0 aliphatic carbocycles. The summed E-state index contributed by atoms with van der Waals surface area (Å²) in [6.07, 6.45) is 2.35. The number of furan rings is 1. The van der Waals surface area contributed by atoms with Crippen LogP contribution in [-0.2, 0) is 6.54 Å². The van der Waals surface area contributed by atoms with E-state index in [0.717, 1.165) is 6.42 Å². The monoisotopic (exact) mass is 318 g/mol. The van der Waals surface area contributed by atoms with Crippen LogP contribution in [-0.4, -0.2) is 28.1 Å². The maximum Gasteiger partial charge on any atom is 0.371 e. The molecule has 122 valence electrons. The van der Waals surface area contributed by atoms with Crippen molar-refractivity contribution >= 4 is 11.9 Å². The average Bonchev–Trinajstić information content (AvgIpc) is 3.02. The van der Waals surface area contributed by atoms with E-state index < -0.39 is 5.97 Å². The van der Waals surface area contributed by atoms with Gasteiger partial charge in [0.2, 0.25) is 11.6 Å². The Balaban J connectivity index is 1.97. The second kappa shape index (κ2) is 7.44. The highest BCUT2D eigenvalue weighted by Gasteiger charge is 2.12. The molecule has 0 saturated heterocycles. The standard InChI is InChI=1S/C16H18N2O5/c1-3-10(2)22-14-8-11(6-7-17-14)15(19)18-9-12-4-5-13(23-12)16(20)21/h4-8,10H,3,9H2,1-2H3,(H,18,19)(H,20,21). The fraction of sp³-hybridized carbons (Fsp3) is 0.312. The van der Waals surface area contributed by atoms with E-state index in [9.17, 15) is 9.59 Å². The largest absolute Gasteiger partial charge is 0.475 e. The van der Waals surface area contributed by atoms with Crippen LogP contribution in [0.15, 0.2) is 34.9 Å². The van der Waals surface area contributed by atoms with Crippen molar-refractivity contribution in [3.05, 3.63) is 47.5 Å². The Kier molecular flexibility index (Phi) is 5.35. The Hall–Kier alpha value is -2.83. The molecule has 7 nitrogen and oxygen atoms in total. The lowest BCUT2D eigenvalue weighted by molar-refractivity contribution is 0.0660. The third-order valence-electron chi connectivity index (χ3n) is 3.19. The second-order valence-electron chi connectivity index (χ2n) is 4.97. The van der Waals surface area contributed by atoms with Gasteiger partial charge in [0.25, 0.3) is 5.91 Å². The van der Waals surface area contributed by atoms with Gasteiger partial charge in [-0.2, -0.15) is 0 Å². The van der Waals surface area contributed by atoms with E-state index in [4.69, 9.17) is 14.3 Å². The molecule has 0 aliphatic rings. The summed E-state index contributed by atoms with van der Waals surface area (Å²) in [6, 6.07) is 5.98. The molecule has 0 radical (unpaired) electrons. The Morgan fingerprint density at radius 2 is 2.17 bits per heavy atom. The van der Waals surface area contributed by atoms with E-state index in [1.807, 2.05) is 13.8 Å². The lowest BCUT2D eigenvalue weighted by Crippen LogP contribution is -2.22. The molecule has 1 unspecified atom stereocenters. The van der Waals surface area contributed by atoms with Crippen LogP contribution in [0.1, 0.15) is 46.9 Å². The topological polar surface area (TPSA) is 102 Å². The molecule has 1 atom stereocenters. The molecule has 0 fully saturated rings. The maximum atomic E-state index is 12.1. The zero-order valence-corrected chi connectivity index (χ0v) is 12.9. The third kappa shape index (κ3) is 4.57. The summed E-state index contributed by atoms with van der Waals surface area (Å²) < 4.78 is 10.6. The van der Waals surface area contributed by atoms with Gasteiger partial charge < -0.3 is 19.6 Å². The number of nitrogens with one attached hydrogen (secondary N) is 1.